The molecule has 0 saturated carbocycles. The summed E-state index contributed by atoms with van der Waals surface area (Å²) in [6.07, 6.45) is 2.98. The third kappa shape index (κ3) is 4.46. The smallest absolute Gasteiger partial charge is 0.0967 e. The summed E-state index contributed by atoms with van der Waals surface area (Å²) >= 11 is 0. The van der Waals surface area contributed by atoms with E-state index in [1.54, 1.807) is 4.68 Å². The molecule has 0 radical (unpaired) electrons. The van der Waals surface area contributed by atoms with Gasteiger partial charge in [0.15, 0.2) is 0 Å². The number of rotatable bonds is 7. The molecule has 0 amide bonds. The van der Waals surface area contributed by atoms with Crippen LogP contribution in [0.3, 0.4) is 0 Å². The van der Waals surface area contributed by atoms with Crippen molar-refractivity contribution in [3.8, 4) is 0 Å². The van der Waals surface area contributed by atoms with Gasteiger partial charge in [-0.2, -0.15) is 0 Å². The summed E-state index contributed by atoms with van der Waals surface area (Å²) in [5.74, 6) is 0. The molecule has 1 aromatic heterocycles. The summed E-state index contributed by atoms with van der Waals surface area (Å²) in [5, 5.41) is 8.08. The van der Waals surface area contributed by atoms with Crippen LogP contribution in [0.5, 0.6) is 0 Å². The number of nitrogens with two attached hydrogens (primary N) is 1. The van der Waals surface area contributed by atoms with Crippen molar-refractivity contribution in [2.24, 2.45) is 12.8 Å². The van der Waals surface area contributed by atoms with Gasteiger partial charge in [0.25, 0.3) is 0 Å². The lowest BCUT2D eigenvalue weighted by molar-refractivity contribution is 0.273. The van der Waals surface area contributed by atoms with Crippen molar-refractivity contribution in [3.63, 3.8) is 0 Å². The van der Waals surface area contributed by atoms with Gasteiger partial charge in [-0.25, -0.2) is 0 Å². The van der Waals surface area contributed by atoms with E-state index in [2.05, 4.69) is 39.5 Å². The van der Waals surface area contributed by atoms with E-state index < -0.39 is 0 Å². The normalized spacial score (nSPS) is 11.1. The lowest BCUT2D eigenvalue weighted by atomic mass is 10.1. The predicted octanol–water partition coefficient (Wildman–Crippen LogP) is 0.818. The van der Waals surface area contributed by atoms with E-state index >= 15 is 0 Å². The Morgan fingerprint density at radius 3 is 2.63 bits per heavy atom. The molecule has 0 saturated heterocycles. The zero-order chi connectivity index (χ0) is 13.5. The van der Waals surface area contributed by atoms with E-state index in [9.17, 15) is 0 Å². The van der Waals surface area contributed by atoms with Crippen LogP contribution in [0.1, 0.15) is 11.3 Å². The monoisotopic (exact) mass is 259 g/mol. The second-order valence-electron chi connectivity index (χ2n) is 4.68. The van der Waals surface area contributed by atoms with Gasteiger partial charge in [0.2, 0.25) is 0 Å². The lowest BCUT2D eigenvalue weighted by Crippen LogP contribution is -2.31. The Bertz CT molecular complexity index is 480. The van der Waals surface area contributed by atoms with Gasteiger partial charge in [0.1, 0.15) is 0 Å². The molecule has 0 atom stereocenters. The fourth-order valence-electron chi connectivity index (χ4n) is 2.08. The highest BCUT2D eigenvalue weighted by Crippen LogP contribution is 2.04. The molecule has 0 aliphatic heterocycles. The summed E-state index contributed by atoms with van der Waals surface area (Å²) in [5.41, 5.74) is 8.01. The third-order valence-corrected chi connectivity index (χ3v) is 3.04. The van der Waals surface area contributed by atoms with Crippen molar-refractivity contribution in [1.29, 1.82) is 0 Å². The first-order chi connectivity index (χ1) is 9.28. The maximum Gasteiger partial charge on any atom is 0.0967 e. The number of nitrogens with zero attached hydrogens (tertiary/aromatic N) is 4. The Morgan fingerprint density at radius 2 is 2.00 bits per heavy atom. The molecule has 2 N–H and O–H groups in total. The molecule has 0 fully saturated rings. The quantitative estimate of drug-likeness (QED) is 0.799. The van der Waals surface area contributed by atoms with Crippen molar-refractivity contribution in [1.82, 2.24) is 19.9 Å². The van der Waals surface area contributed by atoms with Crippen molar-refractivity contribution < 1.29 is 0 Å². The molecule has 0 bridgehead atoms. The van der Waals surface area contributed by atoms with Crippen molar-refractivity contribution in [2.75, 3.05) is 19.6 Å². The Balaban J connectivity index is 1.89. The number of hydrogen-bond acceptors (Lipinski definition) is 4. The van der Waals surface area contributed by atoms with Gasteiger partial charge < -0.3 is 5.73 Å². The number of benzene rings is 1. The number of aryl methyl sites for hydroxylation is 1. The molecule has 1 aromatic carbocycles. The van der Waals surface area contributed by atoms with Crippen LogP contribution in [-0.4, -0.2) is 39.5 Å². The molecule has 2 rings (SSSR count). The van der Waals surface area contributed by atoms with Crippen molar-refractivity contribution in [3.05, 3.63) is 47.8 Å². The third-order valence-electron chi connectivity index (χ3n) is 3.04. The van der Waals surface area contributed by atoms with E-state index in [0.717, 1.165) is 31.7 Å². The Hall–Kier alpha value is -1.72. The zero-order valence-electron chi connectivity index (χ0n) is 11.4. The average Bonchev–Trinajstić information content (AvgIpc) is 2.83. The first kappa shape index (κ1) is 13.7. The number of aromatic nitrogens is 3. The molecular weight excluding hydrogens is 238 g/mol. The fraction of sp³-hybridized carbons (Fsp3) is 0.429. The average molecular weight is 259 g/mol. The van der Waals surface area contributed by atoms with E-state index in [-0.39, 0.29) is 0 Å². The molecule has 102 valence electrons. The van der Waals surface area contributed by atoms with Gasteiger partial charge in [-0.3, -0.25) is 9.58 Å². The van der Waals surface area contributed by atoms with Gasteiger partial charge in [-0.15, -0.1) is 5.10 Å². The molecule has 2 aromatic rings. The highest BCUT2D eigenvalue weighted by Gasteiger charge is 2.08. The van der Waals surface area contributed by atoms with E-state index in [4.69, 9.17) is 5.73 Å². The van der Waals surface area contributed by atoms with Crippen LogP contribution in [0.2, 0.25) is 0 Å². The van der Waals surface area contributed by atoms with Gasteiger partial charge in [-0.1, -0.05) is 35.5 Å². The Labute approximate surface area is 114 Å². The van der Waals surface area contributed by atoms with Crippen LogP contribution in [0.4, 0.5) is 0 Å². The highest BCUT2D eigenvalue weighted by atomic mass is 15.4. The minimum Gasteiger partial charge on any atom is -0.329 e. The first-order valence-corrected chi connectivity index (χ1v) is 6.59. The van der Waals surface area contributed by atoms with Gasteiger partial charge in [0.05, 0.1) is 5.69 Å². The lowest BCUT2D eigenvalue weighted by Gasteiger charge is -2.20. The highest BCUT2D eigenvalue weighted by molar-refractivity contribution is 5.14. The molecule has 0 spiro atoms. The van der Waals surface area contributed by atoms with E-state index in [1.807, 2.05) is 19.3 Å². The van der Waals surface area contributed by atoms with Gasteiger partial charge >= 0.3 is 0 Å². The standard InChI is InChI=1S/C14H21N5/c1-18-11-14(16-17-18)12-19(10-8-15)9-7-13-5-3-2-4-6-13/h2-6,11H,7-10,12,15H2,1H3. The van der Waals surface area contributed by atoms with E-state index in [1.165, 1.54) is 5.56 Å². The molecule has 0 unspecified atom stereocenters. The summed E-state index contributed by atoms with van der Waals surface area (Å²) < 4.78 is 1.73. The Morgan fingerprint density at radius 1 is 1.21 bits per heavy atom. The molecule has 0 aliphatic rings. The molecular formula is C14H21N5. The molecule has 5 nitrogen and oxygen atoms in total. The maximum absolute atomic E-state index is 5.67. The minimum atomic E-state index is 0.662. The topological polar surface area (TPSA) is 60.0 Å². The SMILES string of the molecule is Cn1cc(CN(CCN)CCc2ccccc2)nn1. The largest absolute Gasteiger partial charge is 0.329 e. The summed E-state index contributed by atoms with van der Waals surface area (Å²) in [7, 11) is 1.88. The van der Waals surface area contributed by atoms with Crippen LogP contribution in [0.15, 0.2) is 36.5 Å². The second kappa shape index (κ2) is 7.01. The van der Waals surface area contributed by atoms with Gasteiger partial charge in [0, 0.05) is 39.4 Å². The predicted molar refractivity (Wildman–Crippen MR) is 75.5 cm³/mol. The number of hydrogen-bond donors (Lipinski definition) is 1. The van der Waals surface area contributed by atoms with Crippen molar-refractivity contribution >= 4 is 0 Å². The van der Waals surface area contributed by atoms with Crippen LogP contribution in [0.25, 0.3) is 0 Å². The maximum atomic E-state index is 5.67. The summed E-state index contributed by atoms with van der Waals surface area (Å²) in [6.45, 7) is 3.33. The molecule has 0 aliphatic carbocycles. The molecule has 19 heavy (non-hydrogen) atoms. The van der Waals surface area contributed by atoms with E-state index in [0.29, 0.717) is 6.54 Å². The molecule has 5 heteroatoms. The zero-order valence-corrected chi connectivity index (χ0v) is 11.4. The summed E-state index contributed by atoms with van der Waals surface area (Å²) in [6, 6.07) is 10.5. The second-order valence-corrected chi connectivity index (χ2v) is 4.68. The van der Waals surface area contributed by atoms with Crippen LogP contribution in [-0.2, 0) is 20.0 Å². The van der Waals surface area contributed by atoms with Gasteiger partial charge in [-0.05, 0) is 12.0 Å². The fourth-order valence-corrected chi connectivity index (χ4v) is 2.08. The van der Waals surface area contributed by atoms with Crippen LogP contribution in [0, 0.1) is 0 Å². The van der Waals surface area contributed by atoms with Crippen molar-refractivity contribution in [2.45, 2.75) is 13.0 Å². The van der Waals surface area contributed by atoms with Crippen LogP contribution >= 0.6 is 0 Å². The summed E-state index contributed by atoms with van der Waals surface area (Å²) in [4.78, 5) is 2.32. The van der Waals surface area contributed by atoms with Crippen LogP contribution < -0.4 is 5.73 Å². The molecule has 1 heterocycles. The Kier molecular flexibility index (Phi) is 5.06. The minimum absolute atomic E-state index is 0.662. The first-order valence-electron chi connectivity index (χ1n) is 6.59.